The second kappa shape index (κ2) is 3.91. The zero-order valence-electron chi connectivity index (χ0n) is 10.8. The van der Waals surface area contributed by atoms with Crippen molar-refractivity contribution in [1.82, 2.24) is 4.98 Å². The van der Waals surface area contributed by atoms with Gasteiger partial charge in [0.25, 0.3) is 0 Å². The van der Waals surface area contributed by atoms with Crippen molar-refractivity contribution in [3.05, 3.63) is 53.9 Å². The molecule has 0 atom stereocenters. The molecule has 2 nitrogen and oxygen atoms in total. The van der Waals surface area contributed by atoms with Crippen LogP contribution in [0.25, 0.3) is 11.1 Å². The molecular formula is C17H17NO. The SMILES string of the molecule is OC1CCC2(CC1)c1ccccc1-c1ccncc12. The van der Waals surface area contributed by atoms with E-state index in [9.17, 15) is 5.11 Å². The topological polar surface area (TPSA) is 33.1 Å². The Morgan fingerprint density at radius 2 is 1.74 bits per heavy atom. The predicted molar refractivity (Wildman–Crippen MR) is 74.9 cm³/mol. The minimum absolute atomic E-state index is 0.0966. The van der Waals surface area contributed by atoms with Gasteiger partial charge in [-0.25, -0.2) is 0 Å². The molecule has 0 aliphatic heterocycles. The highest BCUT2D eigenvalue weighted by Gasteiger charge is 2.44. The molecule has 19 heavy (non-hydrogen) atoms. The molecule has 1 aromatic heterocycles. The van der Waals surface area contributed by atoms with Gasteiger partial charge in [0.05, 0.1) is 6.10 Å². The third-order valence-electron chi connectivity index (χ3n) is 4.88. The second-order valence-corrected chi connectivity index (χ2v) is 5.78. The molecule has 1 N–H and O–H groups in total. The summed E-state index contributed by atoms with van der Waals surface area (Å²) < 4.78 is 0. The van der Waals surface area contributed by atoms with Crippen LogP contribution in [-0.4, -0.2) is 16.2 Å². The van der Waals surface area contributed by atoms with Gasteiger partial charge in [-0.3, -0.25) is 4.98 Å². The number of fused-ring (bicyclic) bond motifs is 5. The fourth-order valence-corrected chi connectivity index (χ4v) is 3.93. The lowest BCUT2D eigenvalue weighted by atomic mass is 9.67. The van der Waals surface area contributed by atoms with Crippen LogP contribution in [-0.2, 0) is 5.41 Å². The first-order valence-electron chi connectivity index (χ1n) is 7.04. The van der Waals surface area contributed by atoms with Gasteiger partial charge in [-0.15, -0.1) is 0 Å². The van der Waals surface area contributed by atoms with E-state index in [0.717, 1.165) is 25.7 Å². The Balaban J connectivity index is 1.96. The number of benzene rings is 1. The number of rotatable bonds is 0. The number of aliphatic hydroxyl groups excluding tert-OH is 1. The number of aromatic nitrogens is 1. The minimum Gasteiger partial charge on any atom is -0.393 e. The Bertz CT molecular complexity index is 579. The van der Waals surface area contributed by atoms with E-state index in [1.54, 1.807) is 0 Å². The molecule has 1 spiro atoms. The van der Waals surface area contributed by atoms with Gasteiger partial charge in [0.1, 0.15) is 0 Å². The number of hydrogen-bond acceptors (Lipinski definition) is 2. The van der Waals surface area contributed by atoms with Gasteiger partial charge in [0.2, 0.25) is 0 Å². The highest BCUT2D eigenvalue weighted by molar-refractivity contribution is 5.80. The Morgan fingerprint density at radius 1 is 1.00 bits per heavy atom. The van der Waals surface area contributed by atoms with Gasteiger partial charge in [-0.1, -0.05) is 24.3 Å². The summed E-state index contributed by atoms with van der Waals surface area (Å²) in [6.07, 6.45) is 7.64. The zero-order chi connectivity index (χ0) is 12.9. The van der Waals surface area contributed by atoms with Crippen molar-refractivity contribution in [2.75, 3.05) is 0 Å². The summed E-state index contributed by atoms with van der Waals surface area (Å²) in [5, 5.41) is 9.83. The van der Waals surface area contributed by atoms with E-state index in [1.165, 1.54) is 22.3 Å². The van der Waals surface area contributed by atoms with Gasteiger partial charge in [0, 0.05) is 17.8 Å². The van der Waals surface area contributed by atoms with E-state index in [0.29, 0.717) is 0 Å². The van der Waals surface area contributed by atoms with Crippen LogP contribution in [0.2, 0.25) is 0 Å². The van der Waals surface area contributed by atoms with Crippen LogP contribution >= 0.6 is 0 Å². The van der Waals surface area contributed by atoms with Crippen LogP contribution in [0.4, 0.5) is 0 Å². The summed E-state index contributed by atoms with van der Waals surface area (Å²) in [4.78, 5) is 4.35. The summed E-state index contributed by atoms with van der Waals surface area (Å²) in [7, 11) is 0. The van der Waals surface area contributed by atoms with Crippen molar-refractivity contribution >= 4 is 0 Å². The fourth-order valence-electron chi connectivity index (χ4n) is 3.93. The molecule has 1 heterocycles. The second-order valence-electron chi connectivity index (χ2n) is 5.78. The summed E-state index contributed by atoms with van der Waals surface area (Å²) in [6, 6.07) is 10.8. The van der Waals surface area contributed by atoms with Gasteiger partial charge in [0.15, 0.2) is 0 Å². The Labute approximate surface area is 113 Å². The first-order valence-corrected chi connectivity index (χ1v) is 7.04. The van der Waals surface area contributed by atoms with Crippen LogP contribution in [0, 0.1) is 0 Å². The van der Waals surface area contributed by atoms with E-state index in [1.807, 2.05) is 12.4 Å². The number of nitrogens with zero attached hydrogens (tertiary/aromatic N) is 1. The lowest BCUT2D eigenvalue weighted by Crippen LogP contribution is -2.33. The Morgan fingerprint density at radius 3 is 2.58 bits per heavy atom. The maximum Gasteiger partial charge on any atom is 0.0541 e. The maximum absolute atomic E-state index is 9.83. The van der Waals surface area contributed by atoms with Crippen LogP contribution < -0.4 is 0 Å². The predicted octanol–water partition coefficient (Wildman–Crippen LogP) is 3.28. The third-order valence-corrected chi connectivity index (χ3v) is 4.88. The van der Waals surface area contributed by atoms with Crippen molar-refractivity contribution < 1.29 is 5.11 Å². The van der Waals surface area contributed by atoms with Gasteiger partial charge >= 0.3 is 0 Å². The zero-order valence-corrected chi connectivity index (χ0v) is 10.8. The molecule has 0 unspecified atom stereocenters. The molecule has 0 radical (unpaired) electrons. The lowest BCUT2D eigenvalue weighted by molar-refractivity contribution is 0.107. The Hall–Kier alpha value is -1.67. The maximum atomic E-state index is 9.83. The van der Waals surface area contributed by atoms with Crippen molar-refractivity contribution in [2.24, 2.45) is 0 Å². The van der Waals surface area contributed by atoms with E-state index < -0.39 is 0 Å². The van der Waals surface area contributed by atoms with Crippen molar-refractivity contribution in [1.29, 1.82) is 0 Å². The molecule has 2 aromatic rings. The Kier molecular flexibility index (Phi) is 2.30. The van der Waals surface area contributed by atoms with E-state index >= 15 is 0 Å². The van der Waals surface area contributed by atoms with Gasteiger partial charge < -0.3 is 5.11 Å². The first-order chi connectivity index (χ1) is 9.31. The molecule has 0 amide bonds. The average Bonchev–Trinajstić information content (AvgIpc) is 2.74. The van der Waals surface area contributed by atoms with Gasteiger partial charge in [-0.2, -0.15) is 0 Å². The van der Waals surface area contributed by atoms with Crippen molar-refractivity contribution in [3.63, 3.8) is 0 Å². The molecule has 0 saturated heterocycles. The fraction of sp³-hybridized carbons (Fsp3) is 0.353. The molecule has 1 fully saturated rings. The quantitative estimate of drug-likeness (QED) is 0.779. The summed E-state index contributed by atoms with van der Waals surface area (Å²) in [5.41, 5.74) is 5.59. The molecule has 4 rings (SSSR count). The summed E-state index contributed by atoms with van der Waals surface area (Å²) in [5.74, 6) is 0. The van der Waals surface area contributed by atoms with E-state index in [-0.39, 0.29) is 11.5 Å². The highest BCUT2D eigenvalue weighted by atomic mass is 16.3. The molecule has 2 aliphatic carbocycles. The molecule has 1 saturated carbocycles. The third kappa shape index (κ3) is 1.44. The minimum atomic E-state index is -0.126. The molecular weight excluding hydrogens is 234 g/mol. The van der Waals surface area contributed by atoms with Crippen molar-refractivity contribution in [2.45, 2.75) is 37.2 Å². The van der Waals surface area contributed by atoms with Crippen LogP contribution in [0.1, 0.15) is 36.8 Å². The monoisotopic (exact) mass is 251 g/mol. The molecule has 2 aliphatic rings. The molecule has 2 heteroatoms. The standard InChI is InChI=1S/C17H17NO/c19-12-5-8-17(9-6-12)15-4-2-1-3-13(15)14-7-10-18-11-16(14)17/h1-4,7,10-12,19H,5-6,8-9H2. The largest absolute Gasteiger partial charge is 0.393 e. The highest BCUT2D eigenvalue weighted by Crippen LogP contribution is 2.55. The molecule has 1 aromatic carbocycles. The number of hydrogen-bond donors (Lipinski definition) is 1. The normalized spacial score (nSPS) is 28.2. The van der Waals surface area contributed by atoms with Crippen molar-refractivity contribution in [3.8, 4) is 11.1 Å². The average molecular weight is 251 g/mol. The smallest absolute Gasteiger partial charge is 0.0541 e. The number of pyridine rings is 1. The molecule has 96 valence electrons. The van der Waals surface area contributed by atoms with E-state index in [2.05, 4.69) is 35.3 Å². The lowest BCUT2D eigenvalue weighted by Gasteiger charge is -2.37. The van der Waals surface area contributed by atoms with Gasteiger partial charge in [-0.05, 0) is 54.0 Å². The van der Waals surface area contributed by atoms with Crippen LogP contribution in [0.3, 0.4) is 0 Å². The summed E-state index contributed by atoms with van der Waals surface area (Å²) in [6.45, 7) is 0. The first kappa shape index (κ1) is 11.2. The van der Waals surface area contributed by atoms with Crippen LogP contribution in [0.15, 0.2) is 42.7 Å². The van der Waals surface area contributed by atoms with E-state index in [4.69, 9.17) is 0 Å². The summed E-state index contributed by atoms with van der Waals surface area (Å²) >= 11 is 0. The number of aliphatic hydroxyl groups is 1. The molecule has 0 bridgehead atoms. The van der Waals surface area contributed by atoms with Crippen LogP contribution in [0.5, 0.6) is 0 Å².